The number of esters is 1. The van der Waals surface area contributed by atoms with E-state index in [9.17, 15) is 15.0 Å². The van der Waals surface area contributed by atoms with Crippen molar-refractivity contribution in [3.05, 3.63) is 47.1 Å². The van der Waals surface area contributed by atoms with E-state index in [1.165, 1.54) is 22.4 Å². The van der Waals surface area contributed by atoms with Gasteiger partial charge in [0.1, 0.15) is 11.7 Å². The van der Waals surface area contributed by atoms with Crippen LogP contribution in [0, 0.1) is 29.1 Å². The van der Waals surface area contributed by atoms with Gasteiger partial charge in [-0.1, -0.05) is 44.6 Å². The van der Waals surface area contributed by atoms with E-state index in [4.69, 9.17) is 23.9 Å². The molecule has 4 bridgehead atoms. The Morgan fingerprint density at radius 3 is 2.54 bits per heavy atom. The summed E-state index contributed by atoms with van der Waals surface area (Å²) >= 11 is 0. The van der Waals surface area contributed by atoms with Crippen molar-refractivity contribution in [3.8, 4) is 0 Å². The summed E-state index contributed by atoms with van der Waals surface area (Å²) in [6.45, 7) is 18.4. The van der Waals surface area contributed by atoms with Gasteiger partial charge in [-0.25, -0.2) is 4.79 Å². The van der Waals surface area contributed by atoms with Gasteiger partial charge in [0.2, 0.25) is 5.79 Å². The molecule has 0 aromatic carbocycles. The molecule has 1 aliphatic carbocycles. The minimum absolute atomic E-state index is 0.0200. The van der Waals surface area contributed by atoms with Crippen molar-refractivity contribution in [1.29, 1.82) is 0 Å². The van der Waals surface area contributed by atoms with E-state index in [-0.39, 0.29) is 41.5 Å². The Labute approximate surface area is 299 Å². The molecule has 3 fully saturated rings. The number of ether oxygens (including phenoxy) is 4. The topological polar surface area (TPSA) is 107 Å². The predicted octanol–water partition coefficient (Wildman–Crippen LogP) is 7.68. The number of nitrogens with zero attached hydrogens (tertiary/aromatic N) is 1. The van der Waals surface area contributed by atoms with E-state index in [2.05, 4.69) is 47.3 Å². The molecule has 50 heavy (non-hydrogen) atoms. The molecule has 2 N–H and O–H groups in total. The van der Waals surface area contributed by atoms with Crippen LogP contribution >= 0.6 is 0 Å². The number of carbonyl (C=O) groups is 1. The summed E-state index contributed by atoms with van der Waals surface area (Å²) in [6, 6.07) is 0. The molecular weight excluding hydrogens is 630 g/mol. The molecule has 0 radical (unpaired) electrons. The fraction of sp³-hybridized carbons (Fsp3) is 0.762. The van der Waals surface area contributed by atoms with Crippen LogP contribution in [0.25, 0.3) is 0 Å². The van der Waals surface area contributed by atoms with Crippen molar-refractivity contribution in [3.63, 3.8) is 0 Å². The number of aliphatic hydroxyl groups excluding tert-OH is 1. The van der Waals surface area contributed by atoms with Gasteiger partial charge in [0.05, 0.1) is 18.3 Å². The van der Waals surface area contributed by atoms with Gasteiger partial charge in [0.25, 0.3) is 0 Å². The first kappa shape index (κ1) is 36.3. The Morgan fingerprint density at radius 2 is 1.78 bits per heavy atom. The van der Waals surface area contributed by atoms with Crippen LogP contribution in [0.4, 0.5) is 0 Å². The number of hydrogen-bond donors (Lipinski definition) is 2. The summed E-state index contributed by atoms with van der Waals surface area (Å²) in [7, 11) is 0. The molecule has 8 heteroatoms. The highest BCUT2D eigenvalue weighted by molar-refractivity contribution is 5.92. The van der Waals surface area contributed by atoms with Gasteiger partial charge < -0.3 is 29.2 Å². The lowest BCUT2D eigenvalue weighted by atomic mass is 9.56. The summed E-state index contributed by atoms with van der Waals surface area (Å²) in [5.41, 5.74) is 4.51. The van der Waals surface area contributed by atoms with Crippen LogP contribution in [0.1, 0.15) is 125 Å². The average molecular weight is 692 g/mol. The zero-order chi connectivity index (χ0) is 35.6. The van der Waals surface area contributed by atoms with E-state index < -0.39 is 23.3 Å². The molecule has 0 aromatic rings. The van der Waals surface area contributed by atoms with Gasteiger partial charge in [-0.2, -0.15) is 0 Å². The lowest BCUT2D eigenvalue weighted by Crippen LogP contribution is -2.60. The molecule has 0 aromatic heterocycles. The summed E-state index contributed by atoms with van der Waals surface area (Å²) in [5.74, 6) is -1.08. The van der Waals surface area contributed by atoms with Crippen molar-refractivity contribution in [2.75, 3.05) is 6.54 Å². The van der Waals surface area contributed by atoms with Gasteiger partial charge in [0.15, 0.2) is 5.79 Å². The zero-order valence-corrected chi connectivity index (χ0v) is 31.3. The SMILES string of the molecule is C=C1CCCC2=NC[C@H](C)[C@@H](C)C[C@@]23CCC(C2C=CC(=O)O2)=C(C)[C@@H]3/C=C(\C)[C@@H](O)C[C@H]2O[C@]3(CC[C@@]4(O[C@@H](CC[C@@]4(C)O)C1)O3)C[C@H]2C. The Kier molecular flexibility index (Phi) is 9.71. The molecule has 12 atom stereocenters. The summed E-state index contributed by atoms with van der Waals surface area (Å²) < 4.78 is 26.1. The van der Waals surface area contributed by atoms with Crippen molar-refractivity contribution >= 4 is 11.7 Å². The lowest BCUT2D eigenvalue weighted by molar-refractivity contribution is -0.387. The fourth-order valence-corrected chi connectivity index (χ4v) is 10.6. The maximum Gasteiger partial charge on any atom is 0.331 e. The number of cyclic esters (lactones) is 1. The van der Waals surface area contributed by atoms with Gasteiger partial charge in [-0.05, 0) is 114 Å². The molecule has 8 nitrogen and oxygen atoms in total. The van der Waals surface area contributed by atoms with Gasteiger partial charge in [-0.3, -0.25) is 4.99 Å². The molecule has 1 unspecified atom stereocenters. The lowest BCUT2D eigenvalue weighted by Gasteiger charge is -2.49. The molecular formula is C42H61NO7. The summed E-state index contributed by atoms with van der Waals surface area (Å²) in [4.78, 5) is 17.6. The summed E-state index contributed by atoms with van der Waals surface area (Å²) in [6.07, 6.45) is 14.5. The molecule has 7 rings (SSSR count). The van der Waals surface area contributed by atoms with E-state index in [1.54, 1.807) is 6.08 Å². The van der Waals surface area contributed by atoms with Crippen LogP contribution in [0.5, 0.6) is 0 Å². The largest absolute Gasteiger partial charge is 0.450 e. The third-order valence-electron chi connectivity index (χ3n) is 14.0. The first-order chi connectivity index (χ1) is 23.6. The molecule has 3 saturated heterocycles. The van der Waals surface area contributed by atoms with Crippen LogP contribution < -0.4 is 0 Å². The number of fused-ring (bicyclic) bond motifs is 2. The molecule has 3 spiro atoms. The molecule has 276 valence electrons. The Morgan fingerprint density at radius 1 is 0.980 bits per heavy atom. The third-order valence-corrected chi connectivity index (χ3v) is 14.0. The summed E-state index contributed by atoms with van der Waals surface area (Å²) in [5, 5.41) is 23.6. The predicted molar refractivity (Wildman–Crippen MR) is 193 cm³/mol. The van der Waals surface area contributed by atoms with E-state index in [0.717, 1.165) is 63.5 Å². The quantitative estimate of drug-likeness (QED) is 0.215. The van der Waals surface area contributed by atoms with Crippen molar-refractivity contribution in [1.82, 2.24) is 0 Å². The second-order valence-electron chi connectivity index (χ2n) is 17.6. The van der Waals surface area contributed by atoms with Gasteiger partial charge >= 0.3 is 5.97 Å². The van der Waals surface area contributed by atoms with Gasteiger partial charge in [0, 0.05) is 55.3 Å². The number of aliphatic imine (C=N–C) groups is 1. The van der Waals surface area contributed by atoms with Crippen LogP contribution in [0.15, 0.2) is 52.1 Å². The first-order valence-corrected chi connectivity index (χ1v) is 19.6. The third kappa shape index (κ3) is 6.44. The van der Waals surface area contributed by atoms with E-state index >= 15 is 0 Å². The van der Waals surface area contributed by atoms with Crippen LogP contribution in [0.3, 0.4) is 0 Å². The Hall–Kier alpha value is -2.10. The van der Waals surface area contributed by atoms with E-state index in [0.29, 0.717) is 43.9 Å². The molecule has 0 amide bonds. The second kappa shape index (κ2) is 13.4. The van der Waals surface area contributed by atoms with Crippen molar-refractivity contribution < 1.29 is 34.0 Å². The minimum Gasteiger partial charge on any atom is -0.450 e. The van der Waals surface area contributed by atoms with Gasteiger partial charge in [-0.15, -0.1) is 0 Å². The average Bonchev–Trinajstić information content (AvgIpc) is 3.71. The maximum atomic E-state index is 12.2. The molecule has 6 aliphatic heterocycles. The molecule has 0 saturated carbocycles. The zero-order valence-electron chi connectivity index (χ0n) is 31.3. The van der Waals surface area contributed by atoms with Crippen LogP contribution in [0.2, 0.25) is 0 Å². The highest BCUT2D eigenvalue weighted by Gasteiger charge is 2.64. The Balaban J connectivity index is 1.27. The molecule has 6 heterocycles. The number of hydrogen-bond acceptors (Lipinski definition) is 8. The van der Waals surface area contributed by atoms with Crippen LogP contribution in [-0.4, -0.2) is 70.0 Å². The van der Waals surface area contributed by atoms with Crippen molar-refractivity contribution in [2.24, 2.45) is 34.1 Å². The maximum absolute atomic E-state index is 12.2. The Bertz CT molecular complexity index is 1490. The minimum atomic E-state index is -1.12. The second-order valence-corrected chi connectivity index (χ2v) is 17.6. The van der Waals surface area contributed by atoms with Crippen molar-refractivity contribution in [2.45, 2.75) is 167 Å². The highest BCUT2D eigenvalue weighted by Crippen LogP contribution is 2.57. The normalized spacial score (nSPS) is 48.3. The standard InChI is InChI=1S/C42H61NO7/c1-25-9-8-10-37-40(22-27(3)29(5)24-43-37)16-14-32(35-11-12-38(45)47-35)30(6)33(40)20-26(2)34(44)21-36-28(4)23-41(49-36)17-18-42(50-41)39(7,46)15-13-31(19-25)48-42/h11-12,20,27-29,31,33-36,44,46H,1,8-10,13-19,21-24H2,2-7H3/b26-20+/t27-,28+,29-,31-,33-,34-,35?,36+,39+,40+,41-,42+/m0/s1. The number of rotatable bonds is 1. The number of aliphatic hydroxyl groups is 2. The van der Waals surface area contributed by atoms with E-state index in [1.807, 2.05) is 13.0 Å². The number of allylic oxidation sites excluding steroid dienone is 2. The smallest absolute Gasteiger partial charge is 0.331 e. The monoisotopic (exact) mass is 691 g/mol. The fourth-order valence-electron chi connectivity index (χ4n) is 10.6. The molecule has 7 aliphatic rings. The van der Waals surface area contributed by atoms with Crippen LogP contribution in [-0.2, 0) is 23.7 Å². The first-order valence-electron chi connectivity index (χ1n) is 19.6. The number of carbonyl (C=O) groups excluding carboxylic acids is 1. The highest BCUT2D eigenvalue weighted by atomic mass is 16.8.